The number of nitrogens with one attached hydrogen (secondary N) is 1. The van der Waals surface area contributed by atoms with Gasteiger partial charge in [0.15, 0.2) is 5.03 Å². The van der Waals surface area contributed by atoms with E-state index in [2.05, 4.69) is 10.3 Å². The number of nitrogens with zero attached hydrogens (tertiary/aromatic N) is 3. The summed E-state index contributed by atoms with van der Waals surface area (Å²) in [5.41, 5.74) is 0. The lowest BCUT2D eigenvalue weighted by molar-refractivity contribution is -0.119. The number of amides is 1. The molecule has 0 unspecified atom stereocenters. The van der Waals surface area contributed by atoms with Crippen LogP contribution in [0.15, 0.2) is 17.6 Å². The van der Waals surface area contributed by atoms with Gasteiger partial charge in [0, 0.05) is 39.8 Å². The predicted octanol–water partition coefficient (Wildman–Crippen LogP) is 0.347. The molecule has 1 aliphatic heterocycles. The van der Waals surface area contributed by atoms with Crippen molar-refractivity contribution in [2.75, 3.05) is 19.6 Å². The first-order valence-corrected chi connectivity index (χ1v) is 8.56. The van der Waals surface area contributed by atoms with E-state index in [1.54, 1.807) is 11.6 Å². The van der Waals surface area contributed by atoms with Crippen molar-refractivity contribution in [1.29, 1.82) is 0 Å². The molecule has 1 aromatic heterocycles. The average molecular weight is 314 g/mol. The van der Waals surface area contributed by atoms with Crippen LogP contribution in [0.2, 0.25) is 0 Å². The maximum atomic E-state index is 12.5. The van der Waals surface area contributed by atoms with Crippen LogP contribution in [0.5, 0.6) is 0 Å². The van der Waals surface area contributed by atoms with Crippen molar-refractivity contribution in [3.63, 3.8) is 0 Å². The number of aromatic nitrogens is 2. The van der Waals surface area contributed by atoms with Gasteiger partial charge < -0.3 is 9.88 Å². The smallest absolute Gasteiger partial charge is 0.262 e. The molecule has 1 N–H and O–H groups in total. The molecule has 118 valence electrons. The molecule has 1 aliphatic rings. The second-order valence-electron chi connectivity index (χ2n) is 5.52. The molecule has 0 radical (unpaired) electrons. The minimum atomic E-state index is -3.50. The van der Waals surface area contributed by atoms with Gasteiger partial charge in [-0.2, -0.15) is 4.31 Å². The van der Waals surface area contributed by atoms with Gasteiger partial charge in [0.2, 0.25) is 5.91 Å². The van der Waals surface area contributed by atoms with E-state index in [1.165, 1.54) is 23.8 Å². The molecule has 1 aromatic rings. The molecule has 0 aromatic carbocycles. The molecule has 1 fully saturated rings. The van der Waals surface area contributed by atoms with Crippen LogP contribution >= 0.6 is 0 Å². The number of carbonyl (C=O) groups is 1. The maximum Gasteiger partial charge on any atom is 0.262 e. The van der Waals surface area contributed by atoms with Crippen molar-refractivity contribution >= 4 is 15.9 Å². The molecular formula is C13H22N4O3S. The van der Waals surface area contributed by atoms with Gasteiger partial charge in [-0.1, -0.05) is 0 Å². The third-order valence-corrected chi connectivity index (χ3v) is 5.44. The molecular weight excluding hydrogens is 292 g/mol. The Kier molecular flexibility index (Phi) is 5.00. The Bertz CT molecular complexity index is 596. The molecule has 2 heterocycles. The topological polar surface area (TPSA) is 84.3 Å². The van der Waals surface area contributed by atoms with Gasteiger partial charge in [0.1, 0.15) is 0 Å². The van der Waals surface area contributed by atoms with Crippen molar-refractivity contribution in [1.82, 2.24) is 19.2 Å². The largest absolute Gasteiger partial charge is 0.356 e. The lowest BCUT2D eigenvalue weighted by atomic mass is 9.96. The zero-order valence-electron chi connectivity index (χ0n) is 12.4. The molecule has 1 amide bonds. The van der Waals surface area contributed by atoms with Gasteiger partial charge in [-0.3, -0.25) is 4.79 Å². The van der Waals surface area contributed by atoms with Crippen LogP contribution in [0.3, 0.4) is 0 Å². The van der Waals surface area contributed by atoms with E-state index in [0.717, 1.165) is 19.3 Å². The first-order valence-electron chi connectivity index (χ1n) is 7.12. The number of sulfonamides is 1. The minimum Gasteiger partial charge on any atom is -0.356 e. The summed E-state index contributed by atoms with van der Waals surface area (Å²) in [5.74, 6) is 0.229. The molecule has 0 bridgehead atoms. The zero-order chi connectivity index (χ0) is 15.5. The van der Waals surface area contributed by atoms with E-state index in [-0.39, 0.29) is 16.9 Å². The fraction of sp³-hybridized carbons (Fsp3) is 0.692. The van der Waals surface area contributed by atoms with Gasteiger partial charge in [0.25, 0.3) is 10.0 Å². The number of rotatable bonds is 5. The second kappa shape index (κ2) is 6.57. The van der Waals surface area contributed by atoms with Crippen molar-refractivity contribution < 1.29 is 13.2 Å². The van der Waals surface area contributed by atoms with Crippen molar-refractivity contribution in [3.8, 4) is 0 Å². The summed E-state index contributed by atoms with van der Waals surface area (Å²) in [6.07, 6.45) is 5.65. The molecule has 1 atom stereocenters. The standard InChI is InChI=1S/C13H22N4O3S/c1-11(18)14-6-5-12-4-3-7-17(8-12)21(19,20)13-9-16(2)10-15-13/h9-10,12H,3-8H2,1-2H3,(H,14,18)/t12-/m0/s1. The van der Waals surface area contributed by atoms with Crippen LogP contribution in [-0.4, -0.2) is 47.8 Å². The van der Waals surface area contributed by atoms with Crippen molar-refractivity contribution in [2.24, 2.45) is 13.0 Å². The Hall–Kier alpha value is -1.41. The van der Waals surface area contributed by atoms with Crippen LogP contribution < -0.4 is 5.32 Å². The van der Waals surface area contributed by atoms with Gasteiger partial charge in [-0.05, 0) is 25.2 Å². The summed E-state index contributed by atoms with van der Waals surface area (Å²) < 4.78 is 28.2. The summed E-state index contributed by atoms with van der Waals surface area (Å²) >= 11 is 0. The van der Waals surface area contributed by atoms with E-state index < -0.39 is 10.0 Å². The molecule has 2 rings (SSSR count). The average Bonchev–Trinajstić information content (AvgIpc) is 2.86. The van der Waals surface area contributed by atoms with Gasteiger partial charge >= 0.3 is 0 Å². The summed E-state index contributed by atoms with van der Waals surface area (Å²) in [6.45, 7) is 3.12. The highest BCUT2D eigenvalue weighted by molar-refractivity contribution is 7.89. The van der Waals surface area contributed by atoms with Crippen LogP contribution in [0.1, 0.15) is 26.2 Å². The molecule has 0 saturated carbocycles. The van der Waals surface area contributed by atoms with E-state index in [4.69, 9.17) is 0 Å². The van der Waals surface area contributed by atoms with Crippen LogP contribution in [0.25, 0.3) is 0 Å². The number of imidazole rings is 1. The molecule has 8 heteroatoms. The Morgan fingerprint density at radius 2 is 2.29 bits per heavy atom. The number of hydrogen-bond acceptors (Lipinski definition) is 4. The third-order valence-electron chi connectivity index (χ3n) is 3.69. The van der Waals surface area contributed by atoms with Crippen molar-refractivity contribution in [3.05, 3.63) is 12.5 Å². The normalized spacial score (nSPS) is 20.4. The Labute approximate surface area is 125 Å². The second-order valence-corrected chi connectivity index (χ2v) is 7.41. The highest BCUT2D eigenvalue weighted by Gasteiger charge is 2.31. The number of piperidine rings is 1. The molecule has 21 heavy (non-hydrogen) atoms. The van der Waals surface area contributed by atoms with E-state index in [9.17, 15) is 13.2 Å². The highest BCUT2D eigenvalue weighted by Crippen LogP contribution is 2.24. The maximum absolute atomic E-state index is 12.5. The molecule has 7 nitrogen and oxygen atoms in total. The number of hydrogen-bond donors (Lipinski definition) is 1. The Balaban J connectivity index is 1.98. The minimum absolute atomic E-state index is 0.0521. The highest BCUT2D eigenvalue weighted by atomic mass is 32.2. The lowest BCUT2D eigenvalue weighted by Gasteiger charge is -2.31. The SMILES string of the molecule is CC(=O)NCC[C@@H]1CCCN(S(=O)(=O)c2cn(C)cn2)C1. The van der Waals surface area contributed by atoms with E-state index in [0.29, 0.717) is 19.6 Å². The first kappa shape index (κ1) is 16.0. The first-order chi connectivity index (χ1) is 9.89. The van der Waals surface area contributed by atoms with E-state index in [1.807, 2.05) is 0 Å². The van der Waals surface area contributed by atoms with Crippen LogP contribution in [-0.2, 0) is 21.9 Å². The van der Waals surface area contributed by atoms with Crippen LogP contribution in [0.4, 0.5) is 0 Å². The monoisotopic (exact) mass is 314 g/mol. The summed E-state index contributed by atoms with van der Waals surface area (Å²) in [4.78, 5) is 14.8. The zero-order valence-corrected chi connectivity index (χ0v) is 13.3. The molecule has 0 aliphatic carbocycles. The molecule has 1 saturated heterocycles. The number of carbonyl (C=O) groups excluding carboxylic acids is 1. The Morgan fingerprint density at radius 1 is 1.52 bits per heavy atom. The quantitative estimate of drug-likeness (QED) is 0.850. The van der Waals surface area contributed by atoms with Gasteiger partial charge in [0.05, 0.1) is 6.33 Å². The van der Waals surface area contributed by atoms with Gasteiger partial charge in [-0.15, -0.1) is 0 Å². The summed E-state index contributed by atoms with van der Waals surface area (Å²) in [7, 11) is -1.75. The van der Waals surface area contributed by atoms with Crippen LogP contribution in [0, 0.1) is 5.92 Å². The predicted molar refractivity (Wildman–Crippen MR) is 78.0 cm³/mol. The lowest BCUT2D eigenvalue weighted by Crippen LogP contribution is -2.40. The fourth-order valence-electron chi connectivity index (χ4n) is 2.59. The molecule has 0 spiro atoms. The van der Waals surface area contributed by atoms with Gasteiger partial charge in [-0.25, -0.2) is 13.4 Å². The fourth-order valence-corrected chi connectivity index (χ4v) is 4.11. The number of aryl methyl sites for hydroxylation is 1. The third kappa shape index (κ3) is 4.04. The van der Waals surface area contributed by atoms with E-state index >= 15 is 0 Å². The summed E-state index contributed by atoms with van der Waals surface area (Å²) in [6, 6.07) is 0. The summed E-state index contributed by atoms with van der Waals surface area (Å²) in [5, 5.41) is 2.86. The Morgan fingerprint density at radius 3 is 2.90 bits per heavy atom. The van der Waals surface area contributed by atoms with Crippen molar-refractivity contribution in [2.45, 2.75) is 31.2 Å².